The van der Waals surface area contributed by atoms with Gasteiger partial charge in [0, 0.05) is 18.6 Å². The summed E-state index contributed by atoms with van der Waals surface area (Å²) in [6.45, 7) is 8.83. The summed E-state index contributed by atoms with van der Waals surface area (Å²) >= 11 is 0. The van der Waals surface area contributed by atoms with Crippen molar-refractivity contribution in [2.75, 3.05) is 0 Å². The third-order valence-corrected chi connectivity index (χ3v) is 2.62. The fraction of sp³-hybridized carbons (Fsp3) is 0.417. The fourth-order valence-corrected chi connectivity index (χ4v) is 1.94. The van der Waals surface area contributed by atoms with Crippen LogP contribution in [-0.4, -0.2) is 9.38 Å². The number of nitrogens with zero attached hydrogens (tertiary/aromatic N) is 2. The van der Waals surface area contributed by atoms with Crippen LogP contribution >= 0.6 is 0 Å². The summed E-state index contributed by atoms with van der Waals surface area (Å²) in [4.78, 5) is 4.36. The average Bonchev–Trinajstić information content (AvgIpc) is 2.50. The summed E-state index contributed by atoms with van der Waals surface area (Å²) in [6, 6.07) is 2.18. The maximum Gasteiger partial charge on any atom is 0.139 e. The molecule has 0 N–H and O–H groups in total. The lowest BCUT2D eigenvalue weighted by molar-refractivity contribution is 0.585. The van der Waals surface area contributed by atoms with Gasteiger partial charge in [0.1, 0.15) is 5.65 Å². The van der Waals surface area contributed by atoms with Gasteiger partial charge in [0.2, 0.25) is 0 Å². The summed E-state index contributed by atoms with van der Waals surface area (Å²) < 4.78 is 2.06. The van der Waals surface area contributed by atoms with Gasteiger partial charge in [0.15, 0.2) is 0 Å². The zero-order valence-electron chi connectivity index (χ0n) is 9.20. The van der Waals surface area contributed by atoms with Crippen LogP contribution in [-0.2, 0) is 5.41 Å². The molecule has 0 atom stereocenters. The van der Waals surface area contributed by atoms with Crippen molar-refractivity contribution in [3.8, 4) is 0 Å². The summed E-state index contributed by atoms with van der Waals surface area (Å²) in [5.74, 6) is 0. The number of imidazole rings is 1. The third-order valence-electron chi connectivity index (χ3n) is 2.62. The molecule has 2 aromatic rings. The Morgan fingerprint density at radius 3 is 2.57 bits per heavy atom. The molecule has 0 aromatic carbocycles. The largest absolute Gasteiger partial charge is 0.307 e. The molecule has 0 spiro atoms. The second-order valence-electron chi connectivity index (χ2n) is 4.76. The number of hydrogen-bond acceptors (Lipinski definition) is 1. The van der Waals surface area contributed by atoms with Gasteiger partial charge in [-0.05, 0) is 29.5 Å². The highest BCUT2D eigenvalue weighted by atomic mass is 15.0. The van der Waals surface area contributed by atoms with Gasteiger partial charge >= 0.3 is 0 Å². The second kappa shape index (κ2) is 2.84. The highest BCUT2D eigenvalue weighted by Gasteiger charge is 2.17. The van der Waals surface area contributed by atoms with Crippen LogP contribution in [0.3, 0.4) is 0 Å². The first-order chi connectivity index (χ1) is 6.50. The molecular weight excluding hydrogens is 172 g/mol. The van der Waals surface area contributed by atoms with Gasteiger partial charge in [-0.15, -0.1) is 0 Å². The van der Waals surface area contributed by atoms with Crippen molar-refractivity contribution in [3.63, 3.8) is 0 Å². The minimum Gasteiger partial charge on any atom is -0.307 e. The first-order valence-corrected chi connectivity index (χ1v) is 4.93. The van der Waals surface area contributed by atoms with E-state index in [-0.39, 0.29) is 5.41 Å². The Labute approximate surface area is 84.6 Å². The first-order valence-electron chi connectivity index (χ1n) is 4.93. The van der Waals surface area contributed by atoms with E-state index >= 15 is 0 Å². The van der Waals surface area contributed by atoms with Gasteiger partial charge in [0.05, 0.1) is 0 Å². The smallest absolute Gasteiger partial charge is 0.139 e. The van der Waals surface area contributed by atoms with E-state index in [2.05, 4.69) is 49.3 Å². The van der Waals surface area contributed by atoms with E-state index in [0.717, 1.165) is 5.65 Å². The van der Waals surface area contributed by atoms with Crippen molar-refractivity contribution in [2.45, 2.75) is 33.1 Å². The molecule has 0 aliphatic rings. The van der Waals surface area contributed by atoms with E-state index in [4.69, 9.17) is 0 Å². The maximum absolute atomic E-state index is 4.36. The SMILES string of the molecule is Cc1c(C(C)(C)C)ccn2ccnc12. The lowest BCUT2D eigenvalue weighted by Crippen LogP contribution is -2.13. The highest BCUT2D eigenvalue weighted by Crippen LogP contribution is 2.26. The van der Waals surface area contributed by atoms with Crippen LogP contribution in [0.1, 0.15) is 31.9 Å². The van der Waals surface area contributed by atoms with Gasteiger partial charge in [-0.1, -0.05) is 20.8 Å². The standard InChI is InChI=1S/C12H16N2/c1-9-10(12(2,3)4)5-7-14-8-6-13-11(9)14/h5-8H,1-4H3. The van der Waals surface area contributed by atoms with E-state index < -0.39 is 0 Å². The average molecular weight is 188 g/mol. The van der Waals surface area contributed by atoms with Crippen LogP contribution in [0.4, 0.5) is 0 Å². The Hall–Kier alpha value is -1.31. The molecule has 2 heterocycles. The number of fused-ring (bicyclic) bond motifs is 1. The first kappa shape index (κ1) is 9.25. The van der Waals surface area contributed by atoms with Gasteiger partial charge in [-0.25, -0.2) is 4.98 Å². The molecule has 14 heavy (non-hydrogen) atoms. The minimum absolute atomic E-state index is 0.192. The molecule has 2 heteroatoms. The molecule has 0 fully saturated rings. The molecule has 2 aromatic heterocycles. The molecule has 0 amide bonds. The Kier molecular flexibility index (Phi) is 1.88. The van der Waals surface area contributed by atoms with Crippen LogP contribution in [0.25, 0.3) is 5.65 Å². The van der Waals surface area contributed by atoms with Gasteiger partial charge in [0.25, 0.3) is 0 Å². The van der Waals surface area contributed by atoms with E-state index in [1.807, 2.05) is 12.4 Å². The quantitative estimate of drug-likeness (QED) is 0.621. The Balaban J connectivity index is 2.74. The number of rotatable bonds is 0. The molecule has 0 radical (unpaired) electrons. The third kappa shape index (κ3) is 1.31. The molecule has 0 unspecified atom stereocenters. The lowest BCUT2D eigenvalue weighted by Gasteiger charge is -2.21. The van der Waals surface area contributed by atoms with Crippen LogP contribution in [0.2, 0.25) is 0 Å². The Morgan fingerprint density at radius 2 is 1.93 bits per heavy atom. The molecular formula is C12H16N2. The van der Waals surface area contributed by atoms with E-state index in [9.17, 15) is 0 Å². The van der Waals surface area contributed by atoms with Crippen molar-refractivity contribution in [1.82, 2.24) is 9.38 Å². The highest BCUT2D eigenvalue weighted by molar-refractivity contribution is 5.52. The predicted molar refractivity (Wildman–Crippen MR) is 58.6 cm³/mol. The molecule has 2 nitrogen and oxygen atoms in total. The fourth-order valence-electron chi connectivity index (χ4n) is 1.94. The van der Waals surface area contributed by atoms with Gasteiger partial charge in [-0.3, -0.25) is 0 Å². The summed E-state index contributed by atoms with van der Waals surface area (Å²) in [5.41, 5.74) is 3.91. The van der Waals surface area contributed by atoms with Crippen molar-refractivity contribution < 1.29 is 0 Å². The van der Waals surface area contributed by atoms with E-state index in [0.29, 0.717) is 0 Å². The summed E-state index contributed by atoms with van der Waals surface area (Å²) in [5, 5.41) is 0. The molecule has 0 saturated carbocycles. The number of pyridine rings is 1. The van der Waals surface area contributed by atoms with Crippen molar-refractivity contribution in [2.24, 2.45) is 0 Å². The maximum atomic E-state index is 4.36. The summed E-state index contributed by atoms with van der Waals surface area (Å²) in [6.07, 6.45) is 5.90. The number of aromatic nitrogens is 2. The second-order valence-corrected chi connectivity index (χ2v) is 4.76. The van der Waals surface area contributed by atoms with Gasteiger partial charge in [-0.2, -0.15) is 0 Å². The van der Waals surface area contributed by atoms with E-state index in [1.54, 1.807) is 0 Å². The predicted octanol–water partition coefficient (Wildman–Crippen LogP) is 2.94. The van der Waals surface area contributed by atoms with Crippen LogP contribution in [0.5, 0.6) is 0 Å². The normalized spacial score (nSPS) is 12.3. The molecule has 0 saturated heterocycles. The van der Waals surface area contributed by atoms with Crippen LogP contribution < -0.4 is 0 Å². The van der Waals surface area contributed by atoms with Crippen molar-refractivity contribution >= 4 is 5.65 Å². The number of aryl methyl sites for hydroxylation is 1. The molecule has 2 rings (SSSR count). The van der Waals surface area contributed by atoms with Crippen molar-refractivity contribution in [1.29, 1.82) is 0 Å². The van der Waals surface area contributed by atoms with Crippen molar-refractivity contribution in [3.05, 3.63) is 35.8 Å². The monoisotopic (exact) mass is 188 g/mol. The topological polar surface area (TPSA) is 17.3 Å². The zero-order chi connectivity index (χ0) is 10.3. The van der Waals surface area contributed by atoms with Crippen LogP contribution in [0.15, 0.2) is 24.7 Å². The van der Waals surface area contributed by atoms with Crippen LogP contribution in [0, 0.1) is 6.92 Å². The van der Waals surface area contributed by atoms with Gasteiger partial charge < -0.3 is 4.40 Å². The minimum atomic E-state index is 0.192. The molecule has 0 bridgehead atoms. The summed E-state index contributed by atoms with van der Waals surface area (Å²) in [7, 11) is 0. The Bertz CT molecular complexity index is 461. The van der Waals surface area contributed by atoms with E-state index in [1.165, 1.54) is 11.1 Å². The zero-order valence-corrected chi connectivity index (χ0v) is 9.20. The number of hydrogen-bond donors (Lipinski definition) is 0. The molecule has 74 valence electrons. The Morgan fingerprint density at radius 1 is 1.21 bits per heavy atom. The molecule has 0 aliphatic carbocycles. The molecule has 0 aliphatic heterocycles. The lowest BCUT2D eigenvalue weighted by atomic mass is 9.85.